The van der Waals surface area contributed by atoms with Crippen LogP contribution in [-0.4, -0.2) is 49.3 Å². The van der Waals surface area contributed by atoms with Crippen molar-refractivity contribution in [2.75, 3.05) is 26.4 Å². The summed E-state index contributed by atoms with van der Waals surface area (Å²) >= 11 is 0. The van der Waals surface area contributed by atoms with Crippen LogP contribution < -0.4 is 5.73 Å². The van der Waals surface area contributed by atoms with E-state index in [2.05, 4.69) is 38.2 Å². The molecule has 2 atom stereocenters. The average molecular weight is 716 g/mol. The van der Waals surface area contributed by atoms with E-state index in [1.54, 1.807) is 0 Å². The molecule has 1 unspecified atom stereocenters. The van der Waals surface area contributed by atoms with Crippen LogP contribution in [0.1, 0.15) is 181 Å². The number of carbonyl (C=O) groups is 2. The molecule has 49 heavy (non-hydrogen) atoms. The van der Waals surface area contributed by atoms with E-state index in [1.807, 2.05) is 0 Å². The van der Waals surface area contributed by atoms with Crippen molar-refractivity contribution >= 4 is 19.8 Å². The van der Waals surface area contributed by atoms with Gasteiger partial charge in [-0.2, -0.15) is 0 Å². The fourth-order valence-corrected chi connectivity index (χ4v) is 6.09. The molecule has 0 aliphatic heterocycles. The lowest BCUT2D eigenvalue weighted by atomic mass is 10.1. The number of phosphoric ester groups is 1. The molecule has 0 fully saturated rings. The molecule has 0 aliphatic rings. The van der Waals surface area contributed by atoms with E-state index in [0.29, 0.717) is 12.8 Å². The zero-order valence-corrected chi connectivity index (χ0v) is 32.3. The smallest absolute Gasteiger partial charge is 0.462 e. The molecule has 288 valence electrons. The molecule has 0 aromatic carbocycles. The Balaban J connectivity index is 4.25. The molecule has 0 aromatic rings. The Morgan fingerprint density at radius 2 is 1.00 bits per heavy atom. The maximum atomic E-state index is 12.5. The van der Waals surface area contributed by atoms with E-state index in [0.717, 1.165) is 44.9 Å². The normalized spacial score (nSPS) is 13.6. The summed E-state index contributed by atoms with van der Waals surface area (Å²) in [6, 6.07) is 0. The molecule has 0 bridgehead atoms. The third-order valence-corrected chi connectivity index (χ3v) is 9.29. The second kappa shape index (κ2) is 36.3. The van der Waals surface area contributed by atoms with Gasteiger partial charge in [0.1, 0.15) is 6.61 Å². The number of esters is 2. The summed E-state index contributed by atoms with van der Waals surface area (Å²) < 4.78 is 32.6. The van der Waals surface area contributed by atoms with Gasteiger partial charge in [0.2, 0.25) is 0 Å². The van der Waals surface area contributed by atoms with Crippen molar-refractivity contribution in [3.8, 4) is 0 Å². The number of allylic oxidation sites excluding steroid dienone is 4. The van der Waals surface area contributed by atoms with Gasteiger partial charge in [0.25, 0.3) is 0 Å². The maximum absolute atomic E-state index is 12.5. The fraction of sp³-hybridized carbons (Fsp3) is 0.846. The predicted octanol–water partition coefficient (Wildman–Crippen LogP) is 10.8. The average Bonchev–Trinajstić information content (AvgIpc) is 3.08. The number of nitrogens with two attached hydrogens (primary N) is 1. The Labute approximate surface area is 300 Å². The van der Waals surface area contributed by atoms with Crippen molar-refractivity contribution in [1.82, 2.24) is 0 Å². The molecular weight excluding hydrogens is 641 g/mol. The van der Waals surface area contributed by atoms with Crippen LogP contribution in [0.25, 0.3) is 0 Å². The Bertz CT molecular complexity index is 866. The Kier molecular flexibility index (Phi) is 35.2. The minimum absolute atomic E-state index is 0.0496. The lowest BCUT2D eigenvalue weighted by Crippen LogP contribution is -2.29. The number of rotatable bonds is 37. The third-order valence-electron chi connectivity index (χ3n) is 8.31. The van der Waals surface area contributed by atoms with Gasteiger partial charge < -0.3 is 20.1 Å². The highest BCUT2D eigenvalue weighted by atomic mass is 31.2. The summed E-state index contributed by atoms with van der Waals surface area (Å²) in [5.74, 6) is -0.871. The molecule has 10 heteroatoms. The van der Waals surface area contributed by atoms with E-state index < -0.39 is 32.5 Å². The first-order chi connectivity index (χ1) is 23.8. The topological polar surface area (TPSA) is 134 Å². The van der Waals surface area contributed by atoms with Crippen LogP contribution in [0.15, 0.2) is 24.3 Å². The van der Waals surface area contributed by atoms with Gasteiger partial charge in [-0.1, -0.05) is 128 Å². The monoisotopic (exact) mass is 716 g/mol. The third kappa shape index (κ3) is 36.1. The van der Waals surface area contributed by atoms with Gasteiger partial charge >= 0.3 is 19.8 Å². The molecule has 0 spiro atoms. The molecule has 3 N–H and O–H groups in total. The number of unbranched alkanes of at least 4 members (excludes halogenated alkanes) is 20. The van der Waals surface area contributed by atoms with Crippen molar-refractivity contribution in [3.63, 3.8) is 0 Å². The highest BCUT2D eigenvalue weighted by molar-refractivity contribution is 7.47. The number of hydrogen-bond donors (Lipinski definition) is 2. The first-order valence-electron chi connectivity index (χ1n) is 19.8. The van der Waals surface area contributed by atoms with Gasteiger partial charge in [0.15, 0.2) is 6.10 Å². The van der Waals surface area contributed by atoms with Crippen LogP contribution in [0.4, 0.5) is 0 Å². The predicted molar refractivity (Wildman–Crippen MR) is 201 cm³/mol. The van der Waals surface area contributed by atoms with Gasteiger partial charge in [0, 0.05) is 19.4 Å². The summed E-state index contributed by atoms with van der Waals surface area (Å²) in [4.78, 5) is 34.7. The molecule has 0 saturated carbocycles. The molecule has 0 saturated heterocycles. The minimum atomic E-state index is -4.38. The Morgan fingerprint density at radius 1 is 0.592 bits per heavy atom. The number of phosphoric acid groups is 1. The quantitative estimate of drug-likeness (QED) is 0.0279. The Hall–Kier alpha value is -1.51. The number of carbonyl (C=O) groups excluding carboxylic acids is 2. The Morgan fingerprint density at radius 3 is 1.49 bits per heavy atom. The van der Waals surface area contributed by atoms with Crippen molar-refractivity contribution in [3.05, 3.63) is 24.3 Å². The van der Waals surface area contributed by atoms with Crippen molar-refractivity contribution in [2.24, 2.45) is 5.73 Å². The van der Waals surface area contributed by atoms with Crippen LogP contribution in [0.5, 0.6) is 0 Å². The summed E-state index contributed by atoms with van der Waals surface area (Å²) in [7, 11) is -4.38. The first-order valence-corrected chi connectivity index (χ1v) is 21.3. The molecule has 0 radical (unpaired) electrons. The summed E-state index contributed by atoms with van der Waals surface area (Å²) in [6.07, 6.45) is 36.4. The van der Waals surface area contributed by atoms with E-state index in [1.165, 1.54) is 96.3 Å². The van der Waals surface area contributed by atoms with Crippen LogP contribution in [0, 0.1) is 0 Å². The molecule has 9 nitrogen and oxygen atoms in total. The first kappa shape index (κ1) is 47.5. The second-order valence-electron chi connectivity index (χ2n) is 13.1. The fourth-order valence-electron chi connectivity index (χ4n) is 5.33. The highest BCUT2D eigenvalue weighted by Gasteiger charge is 2.25. The van der Waals surface area contributed by atoms with Crippen molar-refractivity contribution in [2.45, 2.75) is 187 Å². The molecule has 0 aromatic heterocycles. The van der Waals surface area contributed by atoms with Crippen molar-refractivity contribution in [1.29, 1.82) is 0 Å². The second-order valence-corrected chi connectivity index (χ2v) is 14.6. The standard InChI is InChI=1S/C39H74NO8P/c1-3-5-7-9-11-13-15-17-18-20-21-23-25-27-29-31-38(41)45-35-37(36-47-49(43,44)46-34-33-40)48-39(42)32-30-28-26-24-22-19-16-14-12-10-8-6-4-2/h19,21-23,37H,3-18,20,24-36,40H2,1-2H3,(H,43,44)/b22-19+,23-21+/t37-/m1/s1. The number of ether oxygens (including phenoxy) is 2. The largest absolute Gasteiger partial charge is 0.472 e. The molecule has 0 amide bonds. The van der Waals surface area contributed by atoms with Crippen LogP contribution >= 0.6 is 7.82 Å². The lowest BCUT2D eigenvalue weighted by molar-refractivity contribution is -0.161. The minimum Gasteiger partial charge on any atom is -0.462 e. The van der Waals surface area contributed by atoms with Gasteiger partial charge in [-0.05, 0) is 64.2 Å². The van der Waals surface area contributed by atoms with Gasteiger partial charge in [0.05, 0.1) is 13.2 Å². The van der Waals surface area contributed by atoms with E-state index >= 15 is 0 Å². The number of hydrogen-bond acceptors (Lipinski definition) is 8. The molecular formula is C39H74NO8P. The van der Waals surface area contributed by atoms with E-state index in [-0.39, 0.29) is 32.6 Å². The zero-order chi connectivity index (χ0) is 36.1. The van der Waals surface area contributed by atoms with Gasteiger partial charge in [-0.15, -0.1) is 0 Å². The molecule has 0 heterocycles. The summed E-state index contributed by atoms with van der Waals surface area (Å²) in [6.45, 7) is 3.68. The zero-order valence-electron chi connectivity index (χ0n) is 31.4. The highest BCUT2D eigenvalue weighted by Crippen LogP contribution is 2.43. The van der Waals surface area contributed by atoms with Crippen LogP contribution in [-0.2, 0) is 32.7 Å². The molecule has 0 rings (SSSR count). The van der Waals surface area contributed by atoms with Crippen LogP contribution in [0.2, 0.25) is 0 Å². The lowest BCUT2D eigenvalue weighted by Gasteiger charge is -2.19. The van der Waals surface area contributed by atoms with Gasteiger partial charge in [-0.3, -0.25) is 18.6 Å². The summed E-state index contributed by atoms with van der Waals surface area (Å²) in [5, 5.41) is 0. The maximum Gasteiger partial charge on any atom is 0.472 e. The van der Waals surface area contributed by atoms with Crippen LogP contribution in [0.3, 0.4) is 0 Å². The van der Waals surface area contributed by atoms with Crippen molar-refractivity contribution < 1.29 is 37.6 Å². The van der Waals surface area contributed by atoms with Gasteiger partial charge in [-0.25, -0.2) is 4.57 Å². The van der Waals surface area contributed by atoms with E-state index in [9.17, 15) is 19.0 Å². The molecule has 0 aliphatic carbocycles. The summed E-state index contributed by atoms with van der Waals surface area (Å²) in [5.41, 5.74) is 5.33. The van der Waals surface area contributed by atoms with E-state index in [4.69, 9.17) is 24.3 Å². The SMILES string of the molecule is CCCCCCCC/C=C/CCCCCC(=O)O[C@H](COC(=O)CCCC/C=C/CCCCCCCCCCC)COP(=O)(O)OCCN.